The van der Waals surface area contributed by atoms with E-state index in [9.17, 15) is 13.2 Å². The van der Waals surface area contributed by atoms with Gasteiger partial charge in [0.15, 0.2) is 0 Å². The molecule has 0 radical (unpaired) electrons. The van der Waals surface area contributed by atoms with Gasteiger partial charge >= 0.3 is 5.97 Å². The molecule has 10 heteroatoms. The van der Waals surface area contributed by atoms with Crippen molar-refractivity contribution >= 4 is 27.0 Å². The number of imidazole rings is 1. The lowest BCUT2D eigenvalue weighted by Gasteiger charge is -2.19. The first kappa shape index (κ1) is 25.8. The van der Waals surface area contributed by atoms with Gasteiger partial charge in [-0.3, -0.25) is 9.78 Å². The van der Waals surface area contributed by atoms with E-state index in [0.717, 1.165) is 28.1 Å². The minimum Gasteiger partial charge on any atom is -0.462 e. The van der Waals surface area contributed by atoms with Gasteiger partial charge in [0.1, 0.15) is 24.0 Å². The van der Waals surface area contributed by atoms with Gasteiger partial charge in [-0.1, -0.05) is 26.0 Å². The number of hydrogen-bond donors (Lipinski definition) is 2. The number of carbonyl (C=O) groups excluding carboxylic acids is 1. The van der Waals surface area contributed by atoms with Gasteiger partial charge < -0.3 is 14.5 Å². The van der Waals surface area contributed by atoms with E-state index in [1.165, 1.54) is 12.1 Å². The lowest BCUT2D eigenvalue weighted by atomic mass is 10.1. The van der Waals surface area contributed by atoms with Crippen LogP contribution in [0.3, 0.4) is 0 Å². The van der Waals surface area contributed by atoms with Crippen LogP contribution in [0.2, 0.25) is 0 Å². The van der Waals surface area contributed by atoms with Gasteiger partial charge in [-0.25, -0.2) is 13.4 Å². The topological polar surface area (TPSA) is 123 Å². The number of nitrogens with zero attached hydrogens (tertiary/aromatic N) is 2. The zero-order valence-corrected chi connectivity index (χ0v) is 20.8. The van der Waals surface area contributed by atoms with Crippen molar-refractivity contribution in [2.24, 2.45) is 5.92 Å². The predicted molar refractivity (Wildman–Crippen MR) is 129 cm³/mol. The standard InChI is InChI=1S/C24H32N4O5S/c1-5-32-12-13-33-24(29)22(14-16(2)3)28-34(30,31)19-8-6-18(7-9-19)15-21-23-20(10-11-25-21)26-17(4)27-23/h6-11,16,22,28H,5,12-15H2,1-4H3,(H,26,27)/t22-/m0/s1. The van der Waals surface area contributed by atoms with Crippen LogP contribution in [0.25, 0.3) is 11.0 Å². The summed E-state index contributed by atoms with van der Waals surface area (Å²) >= 11 is 0. The second-order valence-electron chi connectivity index (χ2n) is 8.46. The lowest BCUT2D eigenvalue weighted by Crippen LogP contribution is -2.42. The maximum Gasteiger partial charge on any atom is 0.324 e. The highest BCUT2D eigenvalue weighted by Gasteiger charge is 2.27. The number of fused-ring (bicyclic) bond motifs is 1. The highest BCUT2D eigenvalue weighted by Crippen LogP contribution is 2.19. The van der Waals surface area contributed by atoms with Crippen molar-refractivity contribution in [1.82, 2.24) is 19.7 Å². The molecule has 0 saturated heterocycles. The zero-order valence-electron chi connectivity index (χ0n) is 20.0. The summed E-state index contributed by atoms with van der Waals surface area (Å²) in [5.41, 5.74) is 3.42. The van der Waals surface area contributed by atoms with Crippen molar-refractivity contribution in [2.45, 2.75) is 51.5 Å². The van der Waals surface area contributed by atoms with Gasteiger partial charge in [0.25, 0.3) is 0 Å². The molecule has 0 fully saturated rings. The molecule has 3 aromatic rings. The second-order valence-corrected chi connectivity index (χ2v) is 10.2. The zero-order chi connectivity index (χ0) is 24.7. The molecular weight excluding hydrogens is 456 g/mol. The third kappa shape index (κ3) is 6.85. The van der Waals surface area contributed by atoms with Crippen LogP contribution in [0.15, 0.2) is 41.4 Å². The van der Waals surface area contributed by atoms with Gasteiger partial charge in [0, 0.05) is 19.2 Å². The highest BCUT2D eigenvalue weighted by molar-refractivity contribution is 7.89. The van der Waals surface area contributed by atoms with Crippen LogP contribution in [-0.4, -0.2) is 55.2 Å². The number of pyridine rings is 1. The molecule has 2 N–H and O–H groups in total. The maximum absolute atomic E-state index is 13.0. The first-order valence-corrected chi connectivity index (χ1v) is 12.8. The molecular formula is C24H32N4O5S. The molecule has 0 aliphatic heterocycles. The number of sulfonamides is 1. The van der Waals surface area contributed by atoms with Crippen LogP contribution in [-0.2, 0) is 30.7 Å². The van der Waals surface area contributed by atoms with E-state index in [-0.39, 0.29) is 24.0 Å². The molecule has 34 heavy (non-hydrogen) atoms. The number of benzene rings is 1. The van der Waals surface area contributed by atoms with Crippen molar-refractivity contribution in [3.8, 4) is 0 Å². The molecule has 0 aliphatic carbocycles. The molecule has 0 aliphatic rings. The van der Waals surface area contributed by atoms with Crippen molar-refractivity contribution in [1.29, 1.82) is 0 Å². The van der Waals surface area contributed by atoms with Gasteiger partial charge in [-0.2, -0.15) is 4.72 Å². The summed E-state index contributed by atoms with van der Waals surface area (Å²) in [6, 6.07) is 7.44. The van der Waals surface area contributed by atoms with Crippen LogP contribution < -0.4 is 4.72 Å². The Labute approximate surface area is 200 Å². The van der Waals surface area contributed by atoms with E-state index >= 15 is 0 Å². The smallest absolute Gasteiger partial charge is 0.324 e. The fourth-order valence-corrected chi connectivity index (χ4v) is 4.79. The Bertz CT molecular complexity index is 1210. The molecule has 0 saturated carbocycles. The van der Waals surface area contributed by atoms with Gasteiger partial charge in [0.05, 0.1) is 22.7 Å². The fraction of sp³-hybridized carbons (Fsp3) is 0.458. The first-order chi connectivity index (χ1) is 16.2. The normalized spacial score (nSPS) is 12.9. The molecule has 0 spiro atoms. The minimum absolute atomic E-state index is 0.0774. The summed E-state index contributed by atoms with van der Waals surface area (Å²) in [7, 11) is -3.92. The Hall–Kier alpha value is -2.82. The third-order valence-corrected chi connectivity index (χ3v) is 6.65. The second kappa shape index (κ2) is 11.5. The molecule has 0 unspecified atom stereocenters. The third-order valence-electron chi connectivity index (χ3n) is 5.17. The number of carbonyl (C=O) groups is 1. The number of H-pyrrole nitrogens is 1. The van der Waals surface area contributed by atoms with E-state index < -0.39 is 22.0 Å². The van der Waals surface area contributed by atoms with Crippen LogP contribution in [0.4, 0.5) is 0 Å². The van der Waals surface area contributed by atoms with Gasteiger partial charge in [-0.15, -0.1) is 0 Å². The average molecular weight is 489 g/mol. The van der Waals surface area contributed by atoms with Crippen LogP contribution in [0, 0.1) is 12.8 Å². The Morgan fingerprint density at radius 2 is 1.88 bits per heavy atom. The van der Waals surface area contributed by atoms with Gasteiger partial charge in [-0.05, 0) is 49.9 Å². The SMILES string of the molecule is CCOCCOC(=O)[C@H](CC(C)C)NS(=O)(=O)c1ccc(Cc2nccc3[nH]c(C)nc23)cc1. The first-order valence-electron chi connectivity index (χ1n) is 11.4. The predicted octanol–water partition coefficient (Wildman–Crippen LogP) is 3.13. The number of aromatic nitrogens is 3. The van der Waals surface area contributed by atoms with E-state index in [1.54, 1.807) is 18.3 Å². The molecule has 0 bridgehead atoms. The molecule has 1 aromatic carbocycles. The molecule has 2 aromatic heterocycles. The number of ether oxygens (including phenoxy) is 2. The molecule has 9 nitrogen and oxygen atoms in total. The van der Waals surface area contributed by atoms with Crippen LogP contribution >= 0.6 is 0 Å². The van der Waals surface area contributed by atoms with Crippen LogP contribution in [0.5, 0.6) is 0 Å². The Morgan fingerprint density at radius 3 is 2.56 bits per heavy atom. The van der Waals surface area contributed by atoms with Crippen molar-refractivity contribution in [3.63, 3.8) is 0 Å². The maximum atomic E-state index is 13.0. The Kier molecular flexibility index (Phi) is 8.76. The highest BCUT2D eigenvalue weighted by atomic mass is 32.2. The largest absolute Gasteiger partial charge is 0.462 e. The van der Waals surface area contributed by atoms with Crippen molar-refractivity contribution in [3.05, 3.63) is 53.6 Å². The number of esters is 1. The fourth-order valence-electron chi connectivity index (χ4n) is 3.59. The van der Waals surface area contributed by atoms with Crippen molar-refractivity contribution in [2.75, 3.05) is 19.8 Å². The molecule has 2 heterocycles. The molecule has 1 atom stereocenters. The summed E-state index contributed by atoms with van der Waals surface area (Å²) in [4.78, 5) is 24.7. The van der Waals surface area contributed by atoms with Gasteiger partial charge in [0.2, 0.25) is 10.0 Å². The van der Waals surface area contributed by atoms with E-state index in [0.29, 0.717) is 19.4 Å². The number of aromatic amines is 1. The number of rotatable bonds is 12. The van der Waals surface area contributed by atoms with Crippen LogP contribution in [0.1, 0.15) is 44.3 Å². The quantitative estimate of drug-likeness (QED) is 0.296. The van der Waals surface area contributed by atoms with E-state index in [2.05, 4.69) is 19.7 Å². The average Bonchev–Trinajstić information content (AvgIpc) is 3.17. The monoisotopic (exact) mass is 488 g/mol. The lowest BCUT2D eigenvalue weighted by molar-refractivity contribution is -0.147. The Balaban J connectivity index is 1.71. The van der Waals surface area contributed by atoms with E-state index in [1.807, 2.05) is 33.8 Å². The van der Waals surface area contributed by atoms with E-state index in [4.69, 9.17) is 9.47 Å². The number of aryl methyl sites for hydroxylation is 1. The number of hydrogen-bond acceptors (Lipinski definition) is 7. The summed E-state index contributed by atoms with van der Waals surface area (Å²) in [6.07, 6.45) is 2.56. The Morgan fingerprint density at radius 1 is 1.15 bits per heavy atom. The number of nitrogens with one attached hydrogen (secondary N) is 2. The molecule has 184 valence electrons. The minimum atomic E-state index is -3.92. The summed E-state index contributed by atoms with van der Waals surface area (Å²) in [6.45, 7) is 8.43. The summed E-state index contributed by atoms with van der Waals surface area (Å²) in [5, 5.41) is 0. The summed E-state index contributed by atoms with van der Waals surface area (Å²) in [5.74, 6) is 0.293. The molecule has 3 rings (SSSR count). The molecule has 0 amide bonds. The summed E-state index contributed by atoms with van der Waals surface area (Å²) < 4.78 is 38.8. The van der Waals surface area contributed by atoms with Crippen molar-refractivity contribution < 1.29 is 22.7 Å².